The number of ether oxygens (including phenoxy) is 1. The minimum atomic E-state index is -2.43. The van der Waals surface area contributed by atoms with Gasteiger partial charge in [0.05, 0.1) is 0 Å². The Morgan fingerprint density at radius 1 is 0.767 bits per heavy atom. The van der Waals surface area contributed by atoms with Gasteiger partial charge in [-0.25, -0.2) is 0 Å². The molecule has 0 amide bonds. The average Bonchev–Trinajstić information content (AvgIpc) is 2.78. The molecule has 0 fully saturated rings. The maximum absolute atomic E-state index is 6.90. The second-order valence-corrected chi connectivity index (χ2v) is 23.0. The van der Waals surface area contributed by atoms with Crippen molar-refractivity contribution in [1.29, 1.82) is 0 Å². The number of benzene rings is 1. The van der Waals surface area contributed by atoms with Crippen molar-refractivity contribution in [2.45, 2.75) is 122 Å². The quantitative estimate of drug-likeness (QED) is 0.121. The predicted octanol–water partition coefficient (Wildman–Crippen LogP) is 8.78. The van der Waals surface area contributed by atoms with Crippen LogP contribution in [-0.4, -0.2) is 28.6 Å². The number of hydrogen-bond donors (Lipinski definition) is 0. The van der Waals surface area contributed by atoms with Crippen LogP contribution in [0.3, 0.4) is 0 Å². The van der Waals surface area contributed by atoms with Gasteiger partial charge >= 0.3 is 193 Å². The Balaban J connectivity index is 3.07. The summed E-state index contributed by atoms with van der Waals surface area (Å²) in [5.41, 5.74) is 1.09. The molecule has 1 nitrogen and oxygen atoms in total. The summed E-state index contributed by atoms with van der Waals surface area (Å²) in [5, 5.41) is 0. The van der Waals surface area contributed by atoms with Crippen LogP contribution in [0.5, 0.6) is 0 Å². The summed E-state index contributed by atoms with van der Waals surface area (Å²) in [4.78, 5) is 0. The van der Waals surface area contributed by atoms with Crippen molar-refractivity contribution >= 4 is 18.4 Å². The molecule has 0 heterocycles. The van der Waals surface area contributed by atoms with Crippen LogP contribution in [0.1, 0.15) is 104 Å². The molecule has 0 spiro atoms. The molecule has 0 aliphatic carbocycles. The van der Waals surface area contributed by atoms with E-state index in [0.717, 1.165) is 5.56 Å². The van der Waals surface area contributed by atoms with Gasteiger partial charge in [0.2, 0.25) is 0 Å². The third-order valence-electron chi connectivity index (χ3n) is 6.40. The molecule has 1 aromatic carbocycles. The Labute approximate surface area is 192 Å². The topological polar surface area (TPSA) is 9.23 Å². The monoisotopic (exact) mass is 520 g/mol. The van der Waals surface area contributed by atoms with Gasteiger partial charge in [0.25, 0.3) is 0 Å². The summed E-state index contributed by atoms with van der Waals surface area (Å²) in [6.45, 7) is 11.6. The van der Waals surface area contributed by atoms with E-state index >= 15 is 0 Å². The molecule has 30 heavy (non-hydrogen) atoms. The van der Waals surface area contributed by atoms with Crippen LogP contribution in [-0.2, 0) is 4.74 Å². The third-order valence-corrected chi connectivity index (χ3v) is 23.1. The van der Waals surface area contributed by atoms with E-state index in [2.05, 4.69) is 70.7 Å². The zero-order chi connectivity index (χ0) is 22.1. The fourth-order valence-electron chi connectivity index (χ4n) is 4.53. The first-order chi connectivity index (χ1) is 14.6. The zero-order valence-corrected chi connectivity index (χ0v) is 23.5. The Morgan fingerprint density at radius 2 is 1.30 bits per heavy atom. The van der Waals surface area contributed by atoms with Crippen LogP contribution < -0.4 is 0 Å². The third kappa shape index (κ3) is 10.7. The maximum atomic E-state index is 6.90. The van der Waals surface area contributed by atoms with Crippen LogP contribution in [0.25, 0.3) is 0 Å². The molecule has 2 heteroatoms. The van der Waals surface area contributed by atoms with Gasteiger partial charge in [-0.1, -0.05) is 0 Å². The molecule has 0 radical (unpaired) electrons. The molecule has 170 valence electrons. The first kappa shape index (κ1) is 27.6. The Morgan fingerprint density at radius 3 is 1.80 bits per heavy atom. The molecule has 0 N–H and O–H groups in total. The standard InChI is InChI=1S/C16H21O.3C4H9.Sn/c1-3-4-5-9-14-17-15(2)12-13-16-10-7-6-8-11-16;3*1-3-4-2;/h6-8,10-11,14-15H,3-5,9H2,1-2H3;3*1,3-4H2,2H3;/t15-;;;;/m0..../s1. The van der Waals surface area contributed by atoms with Gasteiger partial charge in [0.15, 0.2) is 0 Å². The fourth-order valence-corrected chi connectivity index (χ4v) is 22.2. The molecule has 0 aromatic heterocycles. The van der Waals surface area contributed by atoms with Crippen LogP contribution in [0.4, 0.5) is 0 Å². The van der Waals surface area contributed by atoms with E-state index in [4.69, 9.17) is 4.74 Å². The summed E-state index contributed by atoms with van der Waals surface area (Å²) < 4.78 is 12.0. The molecule has 1 aromatic rings. The Bertz CT molecular complexity index is 564. The van der Waals surface area contributed by atoms with Gasteiger partial charge in [0, 0.05) is 0 Å². The summed E-state index contributed by atoms with van der Waals surface area (Å²) in [7, 11) is 0. The SMILES string of the molecule is CCCCC[C@H](O[C@@H](C)C#Cc1ccccc1)[Sn]([CH2]CCC)([CH2]CCC)[CH2]CCC. The van der Waals surface area contributed by atoms with E-state index in [1.807, 2.05) is 6.07 Å². The minimum absolute atomic E-state index is 0.0257. The van der Waals surface area contributed by atoms with E-state index in [9.17, 15) is 0 Å². The molecule has 2 atom stereocenters. The summed E-state index contributed by atoms with van der Waals surface area (Å²) >= 11 is -2.43. The normalized spacial score (nSPS) is 13.5. The van der Waals surface area contributed by atoms with Crippen molar-refractivity contribution in [3.05, 3.63) is 35.9 Å². The fraction of sp³-hybridized carbons (Fsp3) is 0.714. The van der Waals surface area contributed by atoms with Crippen LogP contribution in [0, 0.1) is 11.8 Å². The second kappa shape index (κ2) is 17.1. The van der Waals surface area contributed by atoms with Gasteiger partial charge in [-0.3, -0.25) is 0 Å². The van der Waals surface area contributed by atoms with Gasteiger partial charge in [-0.15, -0.1) is 0 Å². The molecule has 0 saturated heterocycles. The van der Waals surface area contributed by atoms with Crippen LogP contribution in [0.2, 0.25) is 13.3 Å². The molecular weight excluding hydrogens is 471 g/mol. The van der Waals surface area contributed by atoms with Crippen molar-refractivity contribution < 1.29 is 4.74 Å². The first-order valence-electron chi connectivity index (χ1n) is 12.8. The first-order valence-corrected chi connectivity index (χ1v) is 20.5. The van der Waals surface area contributed by atoms with Gasteiger partial charge in [-0.05, 0) is 0 Å². The van der Waals surface area contributed by atoms with E-state index in [1.54, 1.807) is 0 Å². The van der Waals surface area contributed by atoms with E-state index in [0.29, 0.717) is 4.12 Å². The molecule has 0 saturated carbocycles. The molecule has 1 rings (SSSR count). The average molecular weight is 519 g/mol. The zero-order valence-electron chi connectivity index (χ0n) is 20.6. The Kier molecular flexibility index (Phi) is 15.7. The predicted molar refractivity (Wildman–Crippen MR) is 137 cm³/mol. The van der Waals surface area contributed by atoms with Crippen molar-refractivity contribution in [2.24, 2.45) is 0 Å². The van der Waals surface area contributed by atoms with E-state index < -0.39 is 18.4 Å². The number of unbranched alkanes of at least 4 members (excludes halogenated alkanes) is 5. The summed E-state index contributed by atoms with van der Waals surface area (Å²) in [6, 6.07) is 10.3. The van der Waals surface area contributed by atoms with Crippen molar-refractivity contribution in [1.82, 2.24) is 0 Å². The second-order valence-electron chi connectivity index (χ2n) is 9.07. The van der Waals surface area contributed by atoms with Crippen molar-refractivity contribution in [3.8, 4) is 11.8 Å². The molecule has 0 aliphatic heterocycles. The van der Waals surface area contributed by atoms with Gasteiger partial charge in [0.1, 0.15) is 0 Å². The molecular formula is C28H48OSn. The van der Waals surface area contributed by atoms with E-state index in [1.165, 1.54) is 77.5 Å². The van der Waals surface area contributed by atoms with Gasteiger partial charge in [-0.2, -0.15) is 0 Å². The van der Waals surface area contributed by atoms with Crippen molar-refractivity contribution in [3.63, 3.8) is 0 Å². The molecule has 0 bridgehead atoms. The summed E-state index contributed by atoms with van der Waals surface area (Å²) in [6.07, 6.45) is 13.4. The number of rotatable bonds is 16. The van der Waals surface area contributed by atoms with Crippen LogP contribution in [0.15, 0.2) is 30.3 Å². The van der Waals surface area contributed by atoms with Crippen LogP contribution >= 0.6 is 0 Å². The van der Waals surface area contributed by atoms with E-state index in [-0.39, 0.29) is 6.10 Å². The van der Waals surface area contributed by atoms with Gasteiger partial charge < -0.3 is 0 Å². The molecule has 0 aliphatic rings. The molecule has 0 unspecified atom stereocenters. The Hall–Kier alpha value is -0.461. The van der Waals surface area contributed by atoms with Crippen molar-refractivity contribution in [2.75, 3.05) is 0 Å². The summed E-state index contributed by atoms with van der Waals surface area (Å²) in [5.74, 6) is 6.77. The number of hydrogen-bond acceptors (Lipinski definition) is 1.